The molecule has 1 spiro atoms. The van der Waals surface area contributed by atoms with Gasteiger partial charge in [0.05, 0.1) is 4.08 Å². The van der Waals surface area contributed by atoms with Gasteiger partial charge in [-0.2, -0.15) is 0 Å². The van der Waals surface area contributed by atoms with Crippen LogP contribution in [-0.2, 0) is 4.79 Å². The van der Waals surface area contributed by atoms with Crippen molar-refractivity contribution in [1.29, 1.82) is 0 Å². The maximum atomic E-state index is 12.9. The molecule has 3 aliphatic rings. The largest absolute Gasteiger partial charge is 0.326 e. The van der Waals surface area contributed by atoms with Gasteiger partial charge in [-0.05, 0) is 61.1 Å². The predicted octanol–water partition coefficient (Wildman–Crippen LogP) is 5.75. The Bertz CT molecular complexity index is 605. The molecule has 0 aromatic heterocycles. The van der Waals surface area contributed by atoms with Gasteiger partial charge in [-0.15, -0.1) is 23.5 Å². The summed E-state index contributed by atoms with van der Waals surface area (Å²) in [5.74, 6) is 5.05. The molecule has 1 N–H and O–H groups in total. The van der Waals surface area contributed by atoms with E-state index in [4.69, 9.17) is 0 Å². The number of thioether (sulfide) groups is 2. The number of rotatable bonds is 3. The minimum Gasteiger partial charge on any atom is -0.326 e. The first-order valence-electron chi connectivity index (χ1n) is 9.77. The SMILES string of the molecule is CC(C)c1ccc(NC(=O)C2C[C@H]3CCC[C@H](C2)C32SCCS2)cc1. The highest BCUT2D eigenvalue weighted by molar-refractivity contribution is 8.21. The van der Waals surface area contributed by atoms with Crippen LogP contribution in [0.2, 0.25) is 0 Å². The van der Waals surface area contributed by atoms with Crippen LogP contribution in [0.1, 0.15) is 57.4 Å². The standard InChI is InChI=1S/C21H29NOS2/c1-14(2)15-6-8-19(9-7-15)22-20(23)16-12-17-4-3-5-18(13-16)21(17)24-10-11-25-21/h6-9,14,16-18H,3-5,10-13H2,1-2H3,(H,22,23)/t17-,18-/m1/s1. The molecule has 2 bridgehead atoms. The van der Waals surface area contributed by atoms with Gasteiger partial charge in [0.1, 0.15) is 0 Å². The summed E-state index contributed by atoms with van der Waals surface area (Å²) in [5.41, 5.74) is 2.27. The summed E-state index contributed by atoms with van der Waals surface area (Å²) in [4.78, 5) is 12.9. The summed E-state index contributed by atoms with van der Waals surface area (Å²) in [5, 5.41) is 3.19. The fourth-order valence-electron chi connectivity index (χ4n) is 5.02. The second kappa shape index (κ2) is 7.19. The zero-order valence-electron chi connectivity index (χ0n) is 15.3. The molecule has 3 fully saturated rings. The Morgan fingerprint density at radius 1 is 1.08 bits per heavy atom. The number of carbonyl (C=O) groups excluding carboxylic acids is 1. The van der Waals surface area contributed by atoms with E-state index in [9.17, 15) is 4.79 Å². The van der Waals surface area contributed by atoms with Crippen LogP contribution >= 0.6 is 23.5 Å². The van der Waals surface area contributed by atoms with Crippen LogP contribution in [0.5, 0.6) is 0 Å². The van der Waals surface area contributed by atoms with Crippen molar-refractivity contribution in [1.82, 2.24) is 0 Å². The first-order chi connectivity index (χ1) is 12.1. The molecule has 0 unspecified atom stereocenters. The predicted molar refractivity (Wildman–Crippen MR) is 110 cm³/mol. The summed E-state index contributed by atoms with van der Waals surface area (Å²) in [6, 6.07) is 8.38. The van der Waals surface area contributed by atoms with Gasteiger partial charge < -0.3 is 5.32 Å². The van der Waals surface area contributed by atoms with E-state index in [1.807, 2.05) is 0 Å². The van der Waals surface area contributed by atoms with Crippen molar-refractivity contribution in [2.75, 3.05) is 16.8 Å². The van der Waals surface area contributed by atoms with Crippen LogP contribution in [0, 0.1) is 17.8 Å². The summed E-state index contributed by atoms with van der Waals surface area (Å²) in [7, 11) is 0. The van der Waals surface area contributed by atoms with E-state index < -0.39 is 0 Å². The van der Waals surface area contributed by atoms with E-state index in [0.717, 1.165) is 30.4 Å². The molecule has 2 aliphatic carbocycles. The van der Waals surface area contributed by atoms with Crippen molar-refractivity contribution in [3.63, 3.8) is 0 Å². The van der Waals surface area contributed by atoms with E-state index in [1.54, 1.807) is 0 Å². The second-order valence-corrected chi connectivity index (χ2v) is 11.2. The van der Waals surface area contributed by atoms with Crippen LogP contribution in [-0.4, -0.2) is 21.5 Å². The Morgan fingerprint density at radius 3 is 2.24 bits per heavy atom. The molecule has 1 amide bonds. The topological polar surface area (TPSA) is 29.1 Å². The molecule has 2 saturated carbocycles. The minimum atomic E-state index is 0.201. The molecule has 1 aliphatic heterocycles. The van der Waals surface area contributed by atoms with Gasteiger partial charge >= 0.3 is 0 Å². The lowest BCUT2D eigenvalue weighted by atomic mass is 9.67. The average molecular weight is 376 g/mol. The molecule has 136 valence electrons. The maximum absolute atomic E-state index is 12.9. The minimum absolute atomic E-state index is 0.201. The third-order valence-corrected chi connectivity index (χ3v) is 10.4. The van der Waals surface area contributed by atoms with Crippen molar-refractivity contribution in [2.24, 2.45) is 17.8 Å². The molecule has 1 aromatic rings. The first kappa shape index (κ1) is 17.8. The lowest BCUT2D eigenvalue weighted by Gasteiger charge is -2.52. The van der Waals surface area contributed by atoms with Gasteiger partial charge in [0.2, 0.25) is 5.91 Å². The van der Waals surface area contributed by atoms with Gasteiger partial charge in [-0.1, -0.05) is 32.4 Å². The number of amides is 1. The van der Waals surface area contributed by atoms with Crippen molar-refractivity contribution in [3.05, 3.63) is 29.8 Å². The monoisotopic (exact) mass is 375 g/mol. The molecule has 2 atom stereocenters. The third kappa shape index (κ3) is 3.37. The normalized spacial score (nSPS) is 30.6. The van der Waals surface area contributed by atoms with Crippen LogP contribution in [0.25, 0.3) is 0 Å². The third-order valence-electron chi connectivity index (χ3n) is 6.34. The second-order valence-electron chi connectivity index (χ2n) is 8.18. The highest BCUT2D eigenvalue weighted by Crippen LogP contribution is 2.64. The van der Waals surface area contributed by atoms with Gasteiger partial charge in [0.15, 0.2) is 0 Å². The Hall–Kier alpha value is -0.610. The number of benzene rings is 1. The number of nitrogens with one attached hydrogen (secondary N) is 1. The first-order valence-corrected chi connectivity index (χ1v) is 11.7. The fourth-order valence-corrected chi connectivity index (χ4v) is 8.96. The summed E-state index contributed by atoms with van der Waals surface area (Å²) in [6.45, 7) is 4.40. The maximum Gasteiger partial charge on any atom is 0.227 e. The summed E-state index contributed by atoms with van der Waals surface area (Å²) in [6.07, 6.45) is 6.19. The molecule has 25 heavy (non-hydrogen) atoms. The molecular weight excluding hydrogens is 346 g/mol. The van der Waals surface area contributed by atoms with E-state index in [0.29, 0.717) is 10.00 Å². The Balaban J connectivity index is 1.43. The summed E-state index contributed by atoms with van der Waals surface area (Å²) >= 11 is 4.42. The number of anilines is 1. The van der Waals surface area contributed by atoms with Gasteiger partial charge in [0.25, 0.3) is 0 Å². The number of hydrogen-bond acceptors (Lipinski definition) is 3. The van der Waals surface area contributed by atoms with E-state index >= 15 is 0 Å². The molecule has 1 aromatic carbocycles. The number of carbonyl (C=O) groups is 1. The van der Waals surface area contributed by atoms with E-state index in [-0.39, 0.29) is 11.8 Å². The Kier molecular flexibility index (Phi) is 5.11. The molecule has 4 heteroatoms. The van der Waals surface area contributed by atoms with E-state index in [1.165, 1.54) is 36.3 Å². The highest BCUT2D eigenvalue weighted by atomic mass is 32.2. The van der Waals surface area contributed by atoms with Gasteiger partial charge in [0, 0.05) is 23.1 Å². The van der Waals surface area contributed by atoms with Crippen LogP contribution in [0.4, 0.5) is 5.69 Å². The highest BCUT2D eigenvalue weighted by Gasteiger charge is 2.55. The quantitative estimate of drug-likeness (QED) is 0.729. The molecule has 4 rings (SSSR count). The Labute approximate surface area is 160 Å². The molecular formula is C21H29NOS2. The summed E-state index contributed by atoms with van der Waals surface area (Å²) < 4.78 is 0.452. The molecule has 1 heterocycles. The molecule has 1 saturated heterocycles. The van der Waals surface area contributed by atoms with Crippen molar-refractivity contribution in [3.8, 4) is 0 Å². The zero-order chi connectivity index (χ0) is 17.4. The van der Waals surface area contributed by atoms with Crippen molar-refractivity contribution >= 4 is 35.1 Å². The van der Waals surface area contributed by atoms with Crippen LogP contribution in [0.3, 0.4) is 0 Å². The van der Waals surface area contributed by atoms with Crippen LogP contribution < -0.4 is 5.32 Å². The van der Waals surface area contributed by atoms with Crippen molar-refractivity contribution in [2.45, 2.75) is 55.9 Å². The average Bonchev–Trinajstić information content (AvgIpc) is 3.04. The Morgan fingerprint density at radius 2 is 1.68 bits per heavy atom. The molecule has 0 radical (unpaired) electrons. The van der Waals surface area contributed by atoms with Gasteiger partial charge in [-0.25, -0.2) is 0 Å². The zero-order valence-corrected chi connectivity index (χ0v) is 16.9. The molecule has 2 nitrogen and oxygen atoms in total. The van der Waals surface area contributed by atoms with Crippen molar-refractivity contribution < 1.29 is 4.79 Å². The lowest BCUT2D eigenvalue weighted by Crippen LogP contribution is -2.48. The van der Waals surface area contributed by atoms with Gasteiger partial charge in [-0.3, -0.25) is 4.79 Å². The number of hydrogen-bond donors (Lipinski definition) is 1. The van der Waals surface area contributed by atoms with Crippen LogP contribution in [0.15, 0.2) is 24.3 Å². The smallest absolute Gasteiger partial charge is 0.227 e. The van der Waals surface area contributed by atoms with E-state index in [2.05, 4.69) is 67.0 Å². The fraction of sp³-hybridized carbons (Fsp3) is 0.667. The lowest BCUT2D eigenvalue weighted by molar-refractivity contribution is -0.122.